The Balaban J connectivity index is 0.941. The van der Waals surface area contributed by atoms with Crippen LogP contribution in [0.1, 0.15) is 269 Å². The molecule has 470 valence electrons. The fourth-order valence-corrected chi connectivity index (χ4v) is 11.8. The average Bonchev–Trinajstić information content (AvgIpc) is 2.26. The van der Waals surface area contributed by atoms with Gasteiger partial charge in [-0.2, -0.15) is 0 Å². The minimum Gasteiger partial charge on any atom is -0.446 e. The van der Waals surface area contributed by atoms with Gasteiger partial charge in [0.05, 0.1) is 5.60 Å². The summed E-state index contributed by atoms with van der Waals surface area (Å²) in [5.74, 6) is 26.8. The molecule has 0 aliphatic heterocycles. The molecule has 8 nitrogen and oxygen atoms in total. The zero-order valence-corrected chi connectivity index (χ0v) is 54.4. The van der Waals surface area contributed by atoms with Crippen molar-refractivity contribution in [1.29, 1.82) is 0 Å². The van der Waals surface area contributed by atoms with Crippen molar-refractivity contribution in [3.63, 3.8) is 0 Å². The second kappa shape index (κ2) is 36.6. The zero-order chi connectivity index (χ0) is 62.9. The molecule has 0 spiro atoms. The highest BCUT2D eigenvalue weighted by Crippen LogP contribution is 2.44. The molecule has 2 aliphatic rings. The van der Waals surface area contributed by atoms with Gasteiger partial charge in [-0.05, 0) is 137 Å². The first kappa shape index (κ1) is 70.2. The van der Waals surface area contributed by atoms with Gasteiger partial charge in [-0.1, -0.05) is 214 Å². The summed E-state index contributed by atoms with van der Waals surface area (Å²) >= 11 is 0. The molecule has 2 aliphatic carbocycles. The van der Waals surface area contributed by atoms with E-state index in [-0.39, 0.29) is 28.9 Å². The van der Waals surface area contributed by atoms with Gasteiger partial charge in [0.25, 0.3) is 0 Å². The van der Waals surface area contributed by atoms with E-state index in [4.69, 9.17) is 18.9 Å². The molecule has 0 aromatic heterocycles. The maximum absolute atomic E-state index is 13.7. The number of esters is 3. The van der Waals surface area contributed by atoms with Gasteiger partial charge in [0.2, 0.25) is 0 Å². The van der Waals surface area contributed by atoms with Crippen molar-refractivity contribution in [1.82, 2.24) is 0 Å². The first-order valence-corrected chi connectivity index (χ1v) is 33.8. The van der Waals surface area contributed by atoms with Crippen molar-refractivity contribution >= 4 is 23.7 Å². The fourth-order valence-electron chi connectivity index (χ4n) is 11.8. The minimum absolute atomic E-state index is 0.179. The van der Waals surface area contributed by atoms with Crippen LogP contribution in [0.15, 0.2) is 121 Å². The highest BCUT2D eigenvalue weighted by atomic mass is 16.6. The summed E-state index contributed by atoms with van der Waals surface area (Å²) in [6.07, 6.45) is 24.6. The van der Waals surface area contributed by atoms with E-state index < -0.39 is 22.4 Å². The summed E-state index contributed by atoms with van der Waals surface area (Å²) in [5, 5.41) is 0. The summed E-state index contributed by atoms with van der Waals surface area (Å²) in [4.78, 5) is 53.7. The number of carbonyl (C=O) groups is 4. The Morgan fingerprint density at radius 3 is 0.841 bits per heavy atom. The van der Waals surface area contributed by atoms with E-state index in [1.165, 1.54) is 0 Å². The maximum atomic E-state index is 13.7. The van der Waals surface area contributed by atoms with E-state index in [1.807, 2.05) is 121 Å². The third-order valence-corrected chi connectivity index (χ3v) is 18.7. The Bertz CT molecular complexity index is 3000. The van der Waals surface area contributed by atoms with Crippen LogP contribution in [-0.4, -0.2) is 51.7 Å². The molecule has 6 rings (SSSR count). The fraction of sp³-hybridized carbons (Fsp3) is 0.550. The Hall–Kier alpha value is -6.84. The largest absolute Gasteiger partial charge is 0.446 e. The molecular formula is C80H102O8. The molecule has 0 N–H and O–H groups in total. The van der Waals surface area contributed by atoms with E-state index in [0.29, 0.717) is 82.8 Å². The molecule has 4 aromatic rings. The minimum atomic E-state index is -1.04. The van der Waals surface area contributed by atoms with Crippen LogP contribution in [-0.2, 0) is 38.1 Å². The average molecular weight is 1190 g/mol. The van der Waals surface area contributed by atoms with Crippen molar-refractivity contribution in [2.45, 2.75) is 275 Å². The predicted molar refractivity (Wildman–Crippen MR) is 356 cm³/mol. The molecule has 0 heterocycles. The van der Waals surface area contributed by atoms with E-state index >= 15 is 0 Å². The smallest absolute Gasteiger partial charge is 0.307 e. The molecule has 0 radical (unpaired) electrons. The van der Waals surface area contributed by atoms with Crippen LogP contribution in [0.2, 0.25) is 0 Å². The molecule has 0 amide bonds. The summed E-state index contributed by atoms with van der Waals surface area (Å²) in [7, 11) is 0. The Labute approximate surface area is 530 Å². The van der Waals surface area contributed by atoms with Crippen LogP contribution in [0.25, 0.3) is 0 Å². The lowest BCUT2D eigenvalue weighted by molar-refractivity contribution is -0.173. The van der Waals surface area contributed by atoms with E-state index in [1.54, 1.807) is 0 Å². The molecule has 0 saturated heterocycles. The topological polar surface area (TPSA) is 105 Å². The van der Waals surface area contributed by atoms with E-state index in [9.17, 15) is 19.2 Å². The number of hydrogen-bond donors (Lipinski definition) is 0. The lowest BCUT2D eigenvalue weighted by Crippen LogP contribution is -2.49. The predicted octanol–water partition coefficient (Wildman–Crippen LogP) is 18.7. The Kier molecular flexibility index (Phi) is 29.2. The molecule has 0 unspecified atom stereocenters. The summed E-state index contributed by atoms with van der Waals surface area (Å²) in [6.45, 7) is 12.8. The third-order valence-electron chi connectivity index (χ3n) is 18.7. The maximum Gasteiger partial charge on any atom is 0.307 e. The van der Waals surface area contributed by atoms with Gasteiger partial charge in [0.15, 0.2) is 16.8 Å². The van der Waals surface area contributed by atoms with Gasteiger partial charge in [-0.3, -0.25) is 19.2 Å². The van der Waals surface area contributed by atoms with Gasteiger partial charge >= 0.3 is 17.9 Å². The summed E-state index contributed by atoms with van der Waals surface area (Å²) in [5.41, 5.74) is -0.683. The number of ketones is 1. The highest BCUT2D eigenvalue weighted by Gasteiger charge is 2.48. The number of benzene rings is 4. The summed E-state index contributed by atoms with van der Waals surface area (Å²) in [6, 6.07) is 39.4. The van der Waals surface area contributed by atoms with Crippen LogP contribution in [0.4, 0.5) is 0 Å². The molecule has 88 heavy (non-hydrogen) atoms. The number of Topliss-reactive ketones (excluding diaryl/α,β-unsaturated/α-hetero) is 1. The SMILES string of the molecule is CCC(C)(CC)OC1(C#Cc2ccccc2)CCC(C#Cc2ccccc2)(OC(=O)CCCCCCCCCCC(=O)OC2(C#Cc3ccccc3)CCC(C#Cc3ccccc3)(OC(=O)CCCCCCCCCCC(=O)C(C)(CC)CC)CC2)CC1. The van der Waals surface area contributed by atoms with Gasteiger partial charge in [0, 0.05) is 91.9 Å². The van der Waals surface area contributed by atoms with Gasteiger partial charge in [0.1, 0.15) is 11.4 Å². The molecule has 4 aromatic carbocycles. The van der Waals surface area contributed by atoms with Crippen molar-refractivity contribution < 1.29 is 38.1 Å². The van der Waals surface area contributed by atoms with Crippen molar-refractivity contribution in [2.75, 3.05) is 0 Å². The van der Waals surface area contributed by atoms with Gasteiger partial charge in [-0.15, -0.1) is 0 Å². The van der Waals surface area contributed by atoms with Crippen molar-refractivity contribution in [3.8, 4) is 47.4 Å². The zero-order valence-electron chi connectivity index (χ0n) is 54.4. The molecular weight excluding hydrogens is 1090 g/mol. The second-order valence-corrected chi connectivity index (χ2v) is 25.5. The lowest BCUT2D eigenvalue weighted by Gasteiger charge is -2.45. The number of ether oxygens (including phenoxy) is 4. The number of rotatable bonds is 32. The van der Waals surface area contributed by atoms with Crippen molar-refractivity contribution in [3.05, 3.63) is 144 Å². The first-order valence-electron chi connectivity index (χ1n) is 33.8. The molecule has 2 fully saturated rings. The Morgan fingerprint density at radius 2 is 0.580 bits per heavy atom. The first-order chi connectivity index (χ1) is 42.6. The Morgan fingerprint density at radius 1 is 0.341 bits per heavy atom. The summed E-state index contributed by atoms with van der Waals surface area (Å²) < 4.78 is 26.2. The van der Waals surface area contributed by atoms with Crippen LogP contribution in [0, 0.1) is 52.8 Å². The number of carbonyl (C=O) groups excluding carboxylic acids is 4. The normalized spacial score (nSPS) is 19.8. The highest BCUT2D eigenvalue weighted by molar-refractivity contribution is 5.84. The molecule has 0 atom stereocenters. The van der Waals surface area contributed by atoms with Gasteiger partial charge < -0.3 is 18.9 Å². The van der Waals surface area contributed by atoms with Crippen LogP contribution in [0.3, 0.4) is 0 Å². The molecule has 8 heteroatoms. The van der Waals surface area contributed by atoms with Crippen LogP contribution < -0.4 is 0 Å². The van der Waals surface area contributed by atoms with Crippen LogP contribution in [0.5, 0.6) is 0 Å². The lowest BCUT2D eigenvalue weighted by atomic mass is 9.75. The quantitative estimate of drug-likeness (QED) is 0.0206. The van der Waals surface area contributed by atoms with E-state index in [0.717, 1.165) is 151 Å². The second-order valence-electron chi connectivity index (χ2n) is 25.5. The standard InChI is InChI=1S/C80H102O8/c1-7-75(5,8-2)71(81)47-35-19-15-11-12-16-20-36-48-72(82)85-77(55-51-67-39-27-23-28-40-67)59-61-78(62-60-77,56-52-68-41-29-24-30-42-68)86-73(83)49-37-21-17-13-14-18-22-38-50-74(84)87-79(57-53-69-43-31-25-32-44-69)63-65-80(66-64-79,88-76(6,9-3)10-4)58-54-70-45-33-26-34-46-70/h23-34,39-46H,7-22,35-38,47-50,59-66H2,1-6H3. The number of unbranched alkanes of at least 4 members (excludes halogenated alkanes) is 14. The third kappa shape index (κ3) is 23.9. The van der Waals surface area contributed by atoms with Crippen LogP contribution >= 0.6 is 0 Å². The molecule has 2 saturated carbocycles. The van der Waals surface area contributed by atoms with Gasteiger partial charge in [-0.25, -0.2) is 0 Å². The van der Waals surface area contributed by atoms with Crippen molar-refractivity contribution in [2.24, 2.45) is 5.41 Å². The van der Waals surface area contributed by atoms with E-state index in [2.05, 4.69) is 88.9 Å². The number of hydrogen-bond acceptors (Lipinski definition) is 8. The monoisotopic (exact) mass is 1190 g/mol. The molecule has 0 bridgehead atoms.